The molecule has 3 heteroatoms. The first-order chi connectivity index (χ1) is 9.33. The number of hydrogen-bond acceptors (Lipinski definition) is 2. The smallest absolute Gasteiger partial charge is 0.224 e. The Morgan fingerprint density at radius 3 is 2.74 bits per heavy atom. The number of fused-ring (bicyclic) bond motifs is 5. The van der Waals surface area contributed by atoms with Crippen LogP contribution in [0, 0.1) is 29.6 Å². The number of hydrogen-bond donors (Lipinski definition) is 2. The maximum atomic E-state index is 12.4. The van der Waals surface area contributed by atoms with Gasteiger partial charge in [-0.05, 0) is 68.7 Å². The molecule has 1 aliphatic heterocycles. The predicted molar refractivity (Wildman–Crippen MR) is 74.6 cm³/mol. The van der Waals surface area contributed by atoms with Crippen LogP contribution in [0.15, 0.2) is 0 Å². The summed E-state index contributed by atoms with van der Waals surface area (Å²) in [5.74, 6) is 4.29. The van der Waals surface area contributed by atoms with Gasteiger partial charge < -0.3 is 10.6 Å². The van der Waals surface area contributed by atoms with Crippen LogP contribution in [0.3, 0.4) is 0 Å². The van der Waals surface area contributed by atoms with Crippen molar-refractivity contribution >= 4 is 5.91 Å². The van der Waals surface area contributed by atoms with E-state index in [1.54, 1.807) is 0 Å². The third kappa shape index (κ3) is 2.01. The molecule has 6 unspecified atom stereocenters. The van der Waals surface area contributed by atoms with Gasteiger partial charge in [0.15, 0.2) is 0 Å². The summed E-state index contributed by atoms with van der Waals surface area (Å²) in [6.07, 6.45) is 9.25. The number of piperidine rings is 1. The minimum Gasteiger partial charge on any atom is -0.353 e. The molecule has 2 bridgehead atoms. The van der Waals surface area contributed by atoms with Crippen molar-refractivity contribution in [2.75, 3.05) is 13.1 Å². The Hall–Kier alpha value is -0.570. The second-order valence-electron chi connectivity index (χ2n) is 7.31. The highest BCUT2D eigenvalue weighted by atomic mass is 16.2. The van der Waals surface area contributed by atoms with Gasteiger partial charge in [0.1, 0.15) is 0 Å². The van der Waals surface area contributed by atoms with E-state index in [2.05, 4.69) is 10.6 Å². The Labute approximate surface area is 115 Å². The number of nitrogens with one attached hydrogen (secondary N) is 2. The van der Waals surface area contributed by atoms with Gasteiger partial charge in [-0.1, -0.05) is 6.42 Å². The maximum Gasteiger partial charge on any atom is 0.224 e. The Bertz CT molecular complexity index is 364. The monoisotopic (exact) mass is 262 g/mol. The highest BCUT2D eigenvalue weighted by molar-refractivity contribution is 5.79. The summed E-state index contributed by atoms with van der Waals surface area (Å²) in [6.45, 7) is 1.97. The van der Waals surface area contributed by atoms with Gasteiger partial charge in [0.25, 0.3) is 0 Å². The fourth-order valence-electron chi connectivity index (χ4n) is 5.61. The van der Waals surface area contributed by atoms with Gasteiger partial charge in [0.05, 0.1) is 5.92 Å². The van der Waals surface area contributed by atoms with Crippen LogP contribution in [0.1, 0.15) is 44.9 Å². The summed E-state index contributed by atoms with van der Waals surface area (Å²) in [5, 5.41) is 6.76. The second kappa shape index (κ2) is 4.76. The summed E-state index contributed by atoms with van der Waals surface area (Å²) >= 11 is 0. The van der Waals surface area contributed by atoms with E-state index < -0.39 is 0 Å². The molecule has 106 valence electrons. The van der Waals surface area contributed by atoms with Crippen LogP contribution in [-0.4, -0.2) is 25.0 Å². The van der Waals surface area contributed by atoms with E-state index in [9.17, 15) is 4.79 Å². The van der Waals surface area contributed by atoms with Crippen LogP contribution in [0.4, 0.5) is 0 Å². The molecule has 19 heavy (non-hydrogen) atoms. The van der Waals surface area contributed by atoms with Crippen LogP contribution in [0.2, 0.25) is 0 Å². The molecular formula is C16H26N2O. The van der Waals surface area contributed by atoms with Crippen molar-refractivity contribution in [2.45, 2.75) is 51.0 Å². The zero-order valence-electron chi connectivity index (χ0n) is 11.7. The lowest BCUT2D eigenvalue weighted by atomic mass is 9.79. The number of amides is 1. The molecule has 1 saturated heterocycles. The molecule has 0 aromatic heterocycles. The lowest BCUT2D eigenvalue weighted by Crippen LogP contribution is -2.47. The van der Waals surface area contributed by atoms with E-state index in [1.165, 1.54) is 32.1 Å². The average molecular weight is 262 g/mol. The van der Waals surface area contributed by atoms with Crippen LogP contribution >= 0.6 is 0 Å². The zero-order valence-corrected chi connectivity index (χ0v) is 11.7. The predicted octanol–water partition coefficient (Wildman–Crippen LogP) is 1.93. The highest BCUT2D eigenvalue weighted by Crippen LogP contribution is 2.58. The molecular weight excluding hydrogens is 236 g/mol. The van der Waals surface area contributed by atoms with Gasteiger partial charge in [-0.3, -0.25) is 4.79 Å². The molecule has 3 saturated carbocycles. The molecule has 6 atom stereocenters. The molecule has 2 N–H and O–H groups in total. The van der Waals surface area contributed by atoms with Crippen molar-refractivity contribution in [3.8, 4) is 0 Å². The van der Waals surface area contributed by atoms with E-state index >= 15 is 0 Å². The standard InChI is InChI=1S/C16H26N2O/c19-16(10-3-2-6-17-9-10)18-15-8-11-7-14(15)13-5-1-4-12(11)13/h10-15,17H,1-9H2,(H,18,19). The highest BCUT2D eigenvalue weighted by Gasteiger charge is 2.54. The van der Waals surface area contributed by atoms with Crippen LogP contribution in [0.25, 0.3) is 0 Å². The Balaban J connectivity index is 1.37. The van der Waals surface area contributed by atoms with Crippen LogP contribution in [-0.2, 0) is 4.79 Å². The molecule has 3 nitrogen and oxygen atoms in total. The third-order valence-corrected chi connectivity index (χ3v) is 6.42. The second-order valence-corrected chi connectivity index (χ2v) is 7.31. The SMILES string of the molecule is O=C(NC1CC2CC1C1CCCC21)C1CCCNC1. The number of carbonyl (C=O) groups excluding carboxylic acids is 1. The summed E-state index contributed by atoms with van der Waals surface area (Å²) in [7, 11) is 0. The molecule has 3 aliphatic carbocycles. The lowest BCUT2D eigenvalue weighted by Gasteiger charge is -2.33. The molecule has 1 heterocycles. The van der Waals surface area contributed by atoms with E-state index in [0.29, 0.717) is 11.9 Å². The van der Waals surface area contributed by atoms with E-state index in [4.69, 9.17) is 0 Å². The van der Waals surface area contributed by atoms with Crippen molar-refractivity contribution in [1.29, 1.82) is 0 Å². The minimum atomic E-state index is 0.229. The summed E-state index contributed by atoms with van der Waals surface area (Å²) in [5.41, 5.74) is 0. The van der Waals surface area contributed by atoms with Gasteiger partial charge in [0.2, 0.25) is 5.91 Å². The average Bonchev–Trinajstić information content (AvgIpc) is 3.11. The van der Waals surface area contributed by atoms with Gasteiger partial charge >= 0.3 is 0 Å². The van der Waals surface area contributed by atoms with Crippen molar-refractivity contribution in [2.24, 2.45) is 29.6 Å². The largest absolute Gasteiger partial charge is 0.353 e. The molecule has 4 fully saturated rings. The number of carbonyl (C=O) groups is 1. The molecule has 4 aliphatic rings. The topological polar surface area (TPSA) is 41.1 Å². The van der Waals surface area contributed by atoms with Gasteiger partial charge in [-0.25, -0.2) is 0 Å². The molecule has 0 aromatic carbocycles. The summed E-state index contributed by atoms with van der Waals surface area (Å²) in [4.78, 5) is 12.4. The third-order valence-electron chi connectivity index (χ3n) is 6.42. The van der Waals surface area contributed by atoms with E-state index in [1.807, 2.05) is 0 Å². The zero-order chi connectivity index (χ0) is 12.8. The fraction of sp³-hybridized carbons (Fsp3) is 0.938. The van der Waals surface area contributed by atoms with Crippen LogP contribution in [0.5, 0.6) is 0 Å². The Kier molecular flexibility index (Phi) is 3.06. The first kappa shape index (κ1) is 12.2. The lowest BCUT2D eigenvalue weighted by molar-refractivity contribution is -0.126. The minimum absolute atomic E-state index is 0.229. The quantitative estimate of drug-likeness (QED) is 0.798. The Morgan fingerprint density at radius 1 is 1.00 bits per heavy atom. The Morgan fingerprint density at radius 2 is 1.89 bits per heavy atom. The molecule has 1 amide bonds. The van der Waals surface area contributed by atoms with E-state index in [-0.39, 0.29) is 5.92 Å². The fourth-order valence-corrected chi connectivity index (χ4v) is 5.61. The van der Waals surface area contributed by atoms with Gasteiger partial charge in [-0.15, -0.1) is 0 Å². The number of rotatable bonds is 2. The molecule has 4 rings (SSSR count). The normalized spacial score (nSPS) is 48.2. The van der Waals surface area contributed by atoms with Gasteiger partial charge in [-0.2, -0.15) is 0 Å². The van der Waals surface area contributed by atoms with E-state index in [0.717, 1.165) is 49.6 Å². The first-order valence-corrected chi connectivity index (χ1v) is 8.34. The van der Waals surface area contributed by atoms with Gasteiger partial charge in [0, 0.05) is 12.6 Å². The molecule has 0 aromatic rings. The molecule has 0 radical (unpaired) electrons. The van der Waals surface area contributed by atoms with Crippen molar-refractivity contribution in [3.05, 3.63) is 0 Å². The first-order valence-electron chi connectivity index (χ1n) is 8.34. The van der Waals surface area contributed by atoms with Crippen molar-refractivity contribution in [3.63, 3.8) is 0 Å². The van der Waals surface area contributed by atoms with Crippen molar-refractivity contribution in [1.82, 2.24) is 10.6 Å². The summed E-state index contributed by atoms with van der Waals surface area (Å²) < 4.78 is 0. The maximum absolute atomic E-state index is 12.4. The molecule has 0 spiro atoms. The van der Waals surface area contributed by atoms with Crippen molar-refractivity contribution < 1.29 is 4.79 Å². The van der Waals surface area contributed by atoms with Crippen LogP contribution < -0.4 is 10.6 Å². The summed E-state index contributed by atoms with van der Waals surface area (Å²) in [6, 6.07) is 0.513.